The molecule has 90 valence electrons. The lowest BCUT2D eigenvalue weighted by molar-refractivity contribution is 0.474. The number of hydrogen-bond acceptors (Lipinski definition) is 4. The summed E-state index contributed by atoms with van der Waals surface area (Å²) in [6.45, 7) is 6.61. The standard InChI is InChI=1S/C13H17N3O/c1-4-11-7-5-6-9(2)13(11)14-8-12-16-15-10(3)17-12/h5-7,14H,4,8H2,1-3H3. The Kier molecular flexibility index (Phi) is 3.42. The molecule has 1 N–H and O–H groups in total. The highest BCUT2D eigenvalue weighted by molar-refractivity contribution is 5.57. The summed E-state index contributed by atoms with van der Waals surface area (Å²) in [4.78, 5) is 0. The quantitative estimate of drug-likeness (QED) is 0.879. The van der Waals surface area contributed by atoms with Gasteiger partial charge in [0.25, 0.3) is 0 Å². The number of benzene rings is 1. The van der Waals surface area contributed by atoms with Crippen LogP contribution >= 0.6 is 0 Å². The fourth-order valence-corrected chi connectivity index (χ4v) is 1.85. The zero-order chi connectivity index (χ0) is 12.3. The van der Waals surface area contributed by atoms with Crippen LogP contribution in [-0.4, -0.2) is 10.2 Å². The van der Waals surface area contributed by atoms with Crippen LogP contribution in [0.25, 0.3) is 0 Å². The lowest BCUT2D eigenvalue weighted by atomic mass is 10.1. The third-order valence-corrected chi connectivity index (χ3v) is 2.72. The monoisotopic (exact) mass is 231 g/mol. The topological polar surface area (TPSA) is 51.0 Å². The molecule has 0 saturated heterocycles. The minimum absolute atomic E-state index is 0.568. The largest absolute Gasteiger partial charge is 0.424 e. The maximum Gasteiger partial charge on any atom is 0.235 e. The molecule has 0 radical (unpaired) electrons. The molecule has 0 amide bonds. The second kappa shape index (κ2) is 4.99. The summed E-state index contributed by atoms with van der Waals surface area (Å²) in [6.07, 6.45) is 1.01. The summed E-state index contributed by atoms with van der Waals surface area (Å²) in [5, 5.41) is 11.1. The van der Waals surface area contributed by atoms with Crippen LogP contribution in [0.2, 0.25) is 0 Å². The van der Waals surface area contributed by atoms with Gasteiger partial charge in [-0.15, -0.1) is 10.2 Å². The smallest absolute Gasteiger partial charge is 0.235 e. The van der Waals surface area contributed by atoms with Crippen LogP contribution < -0.4 is 5.32 Å². The number of rotatable bonds is 4. The molecule has 17 heavy (non-hydrogen) atoms. The lowest BCUT2D eigenvalue weighted by Gasteiger charge is -2.12. The molecule has 0 aliphatic rings. The molecule has 1 heterocycles. The minimum Gasteiger partial charge on any atom is -0.424 e. The van der Waals surface area contributed by atoms with E-state index >= 15 is 0 Å². The normalized spacial score (nSPS) is 10.5. The Morgan fingerprint density at radius 2 is 2.06 bits per heavy atom. The van der Waals surface area contributed by atoms with Crippen molar-refractivity contribution in [3.05, 3.63) is 41.1 Å². The number of aryl methyl sites for hydroxylation is 3. The zero-order valence-corrected chi connectivity index (χ0v) is 10.4. The first-order chi connectivity index (χ1) is 8.20. The van der Waals surface area contributed by atoms with E-state index in [0.29, 0.717) is 18.3 Å². The van der Waals surface area contributed by atoms with Crippen LogP contribution in [0.4, 0.5) is 5.69 Å². The Balaban J connectivity index is 2.13. The van der Waals surface area contributed by atoms with E-state index in [2.05, 4.69) is 47.6 Å². The van der Waals surface area contributed by atoms with Crippen LogP contribution in [-0.2, 0) is 13.0 Å². The highest BCUT2D eigenvalue weighted by Crippen LogP contribution is 2.21. The Labute approximate surface area is 101 Å². The van der Waals surface area contributed by atoms with Gasteiger partial charge in [-0.3, -0.25) is 0 Å². The first-order valence-electron chi connectivity index (χ1n) is 5.82. The van der Waals surface area contributed by atoms with Crippen molar-refractivity contribution in [2.75, 3.05) is 5.32 Å². The molecule has 0 unspecified atom stereocenters. The summed E-state index contributed by atoms with van der Waals surface area (Å²) in [5.74, 6) is 1.22. The molecule has 2 rings (SSSR count). The third-order valence-electron chi connectivity index (χ3n) is 2.72. The van der Waals surface area contributed by atoms with Gasteiger partial charge >= 0.3 is 0 Å². The summed E-state index contributed by atoms with van der Waals surface area (Å²) < 4.78 is 5.33. The number of nitrogens with one attached hydrogen (secondary N) is 1. The van der Waals surface area contributed by atoms with E-state index in [4.69, 9.17) is 4.42 Å². The molecule has 0 atom stereocenters. The highest BCUT2D eigenvalue weighted by atomic mass is 16.4. The number of nitrogens with zero attached hydrogens (tertiary/aromatic N) is 2. The Morgan fingerprint density at radius 1 is 1.24 bits per heavy atom. The van der Waals surface area contributed by atoms with E-state index in [1.54, 1.807) is 6.92 Å². The average molecular weight is 231 g/mol. The van der Waals surface area contributed by atoms with Gasteiger partial charge in [-0.25, -0.2) is 0 Å². The van der Waals surface area contributed by atoms with Crippen molar-refractivity contribution >= 4 is 5.69 Å². The van der Waals surface area contributed by atoms with E-state index in [-0.39, 0.29) is 0 Å². The van der Waals surface area contributed by atoms with Gasteiger partial charge in [0.1, 0.15) is 0 Å². The second-order valence-corrected chi connectivity index (χ2v) is 4.03. The Bertz CT molecular complexity index is 505. The zero-order valence-electron chi connectivity index (χ0n) is 10.4. The van der Waals surface area contributed by atoms with Crippen molar-refractivity contribution in [1.82, 2.24) is 10.2 Å². The van der Waals surface area contributed by atoms with Crippen molar-refractivity contribution in [3.8, 4) is 0 Å². The Morgan fingerprint density at radius 3 is 2.71 bits per heavy atom. The van der Waals surface area contributed by atoms with Gasteiger partial charge in [0, 0.05) is 12.6 Å². The van der Waals surface area contributed by atoms with E-state index in [0.717, 1.165) is 6.42 Å². The second-order valence-electron chi connectivity index (χ2n) is 4.03. The molecule has 0 aliphatic heterocycles. The van der Waals surface area contributed by atoms with Gasteiger partial charge in [-0.1, -0.05) is 25.1 Å². The minimum atomic E-state index is 0.568. The molecule has 4 nitrogen and oxygen atoms in total. The molecule has 0 spiro atoms. The molecule has 0 fully saturated rings. The summed E-state index contributed by atoms with van der Waals surface area (Å²) >= 11 is 0. The molecule has 1 aromatic carbocycles. The molecule has 0 bridgehead atoms. The van der Waals surface area contributed by atoms with Crippen LogP contribution in [0.3, 0.4) is 0 Å². The van der Waals surface area contributed by atoms with Gasteiger partial charge in [-0.2, -0.15) is 0 Å². The first kappa shape index (κ1) is 11.6. The summed E-state index contributed by atoms with van der Waals surface area (Å²) in [7, 11) is 0. The fraction of sp³-hybridized carbons (Fsp3) is 0.385. The maximum atomic E-state index is 5.33. The van der Waals surface area contributed by atoms with E-state index in [9.17, 15) is 0 Å². The van der Waals surface area contributed by atoms with Crippen molar-refractivity contribution < 1.29 is 4.42 Å². The Hall–Kier alpha value is -1.84. The van der Waals surface area contributed by atoms with E-state index in [1.165, 1.54) is 16.8 Å². The van der Waals surface area contributed by atoms with Gasteiger partial charge in [0.2, 0.25) is 11.8 Å². The molecular formula is C13H17N3O. The van der Waals surface area contributed by atoms with Crippen LogP contribution in [0.5, 0.6) is 0 Å². The van der Waals surface area contributed by atoms with Crippen molar-refractivity contribution in [3.63, 3.8) is 0 Å². The molecule has 0 aliphatic carbocycles. The van der Waals surface area contributed by atoms with Crippen LogP contribution in [0, 0.1) is 13.8 Å². The van der Waals surface area contributed by atoms with Crippen LogP contribution in [0.1, 0.15) is 29.8 Å². The lowest BCUT2D eigenvalue weighted by Crippen LogP contribution is -2.04. The van der Waals surface area contributed by atoms with Crippen molar-refractivity contribution in [2.45, 2.75) is 33.7 Å². The van der Waals surface area contributed by atoms with Gasteiger partial charge in [-0.05, 0) is 24.5 Å². The van der Waals surface area contributed by atoms with Crippen LogP contribution in [0.15, 0.2) is 22.6 Å². The SMILES string of the molecule is CCc1cccc(C)c1NCc1nnc(C)o1. The average Bonchev–Trinajstić information content (AvgIpc) is 2.73. The van der Waals surface area contributed by atoms with Crippen molar-refractivity contribution in [2.24, 2.45) is 0 Å². The fourth-order valence-electron chi connectivity index (χ4n) is 1.85. The summed E-state index contributed by atoms with van der Waals surface area (Å²) in [6, 6.07) is 6.31. The molecular weight excluding hydrogens is 214 g/mol. The van der Waals surface area contributed by atoms with Gasteiger partial charge < -0.3 is 9.73 Å². The third kappa shape index (κ3) is 2.64. The van der Waals surface area contributed by atoms with Gasteiger partial charge in [0.15, 0.2) is 0 Å². The molecule has 4 heteroatoms. The van der Waals surface area contributed by atoms with E-state index in [1.807, 2.05) is 0 Å². The predicted octanol–water partition coefficient (Wildman–Crippen LogP) is 2.86. The highest BCUT2D eigenvalue weighted by Gasteiger charge is 2.06. The maximum absolute atomic E-state index is 5.33. The van der Waals surface area contributed by atoms with Gasteiger partial charge in [0.05, 0.1) is 6.54 Å². The first-order valence-corrected chi connectivity index (χ1v) is 5.82. The van der Waals surface area contributed by atoms with Crippen molar-refractivity contribution in [1.29, 1.82) is 0 Å². The predicted molar refractivity (Wildman–Crippen MR) is 66.9 cm³/mol. The van der Waals surface area contributed by atoms with E-state index < -0.39 is 0 Å². The number of aromatic nitrogens is 2. The number of anilines is 1. The molecule has 0 saturated carbocycles. The molecule has 1 aromatic heterocycles. The number of para-hydroxylation sites is 1. The summed E-state index contributed by atoms with van der Waals surface area (Å²) in [5.41, 5.74) is 3.72. The number of hydrogen-bond donors (Lipinski definition) is 1. The molecule has 2 aromatic rings.